The summed E-state index contributed by atoms with van der Waals surface area (Å²) in [6.45, 7) is 0.382. The first kappa shape index (κ1) is 14.3. The molecule has 0 saturated carbocycles. The summed E-state index contributed by atoms with van der Waals surface area (Å²) in [5.74, 6) is 0. The number of halogens is 1. The number of carbonyl (C=O) groups excluding carboxylic acids is 1. The minimum atomic E-state index is -0.348. The van der Waals surface area contributed by atoms with Crippen molar-refractivity contribution in [2.75, 3.05) is 5.32 Å². The fourth-order valence-electron chi connectivity index (χ4n) is 1.66. The Kier molecular flexibility index (Phi) is 4.23. The number of nitrogens with one attached hydrogen (secondary N) is 2. The lowest BCUT2D eigenvalue weighted by Crippen LogP contribution is -2.29. The van der Waals surface area contributed by atoms with Crippen LogP contribution in [0.5, 0.6) is 0 Å². The van der Waals surface area contributed by atoms with E-state index in [1.54, 1.807) is 30.2 Å². The number of urea groups is 1. The highest BCUT2D eigenvalue weighted by Crippen LogP contribution is 2.11. The molecule has 2 aromatic rings. The topological polar surface area (TPSA) is 81.0 Å². The highest BCUT2D eigenvalue weighted by molar-refractivity contribution is 9.10. The molecule has 0 unspecified atom stereocenters. The van der Waals surface area contributed by atoms with Crippen LogP contribution < -0.4 is 16.2 Å². The lowest BCUT2D eigenvalue weighted by Gasteiger charge is -2.08. The second kappa shape index (κ2) is 5.91. The van der Waals surface area contributed by atoms with Gasteiger partial charge in [-0.1, -0.05) is 0 Å². The smallest absolute Gasteiger partial charge is 0.319 e. The number of rotatable bonds is 3. The third-order valence-electron chi connectivity index (χ3n) is 2.61. The Hall–Kier alpha value is -2.09. The first-order valence-electron chi connectivity index (χ1n) is 5.84. The molecule has 2 heterocycles. The van der Waals surface area contributed by atoms with E-state index in [0.29, 0.717) is 16.7 Å². The van der Waals surface area contributed by atoms with Crippen LogP contribution in [0.2, 0.25) is 0 Å². The summed E-state index contributed by atoms with van der Waals surface area (Å²) >= 11 is 3.15. The van der Waals surface area contributed by atoms with E-state index in [2.05, 4.69) is 31.7 Å². The van der Waals surface area contributed by atoms with E-state index < -0.39 is 0 Å². The monoisotopic (exact) mass is 339 g/mol. The van der Waals surface area contributed by atoms with E-state index in [0.717, 1.165) is 5.56 Å². The Morgan fingerprint density at radius 2 is 2.15 bits per heavy atom. The zero-order valence-corrected chi connectivity index (χ0v) is 12.6. The van der Waals surface area contributed by atoms with Gasteiger partial charge in [0.25, 0.3) is 5.56 Å². The SMILES string of the molecule is Cn1cc(CNC(=O)Nc2cc(Br)c(=O)n(C)c2)cn1. The maximum Gasteiger partial charge on any atom is 0.319 e. The number of aryl methyl sites for hydroxylation is 2. The van der Waals surface area contributed by atoms with Gasteiger partial charge in [0.1, 0.15) is 0 Å². The summed E-state index contributed by atoms with van der Waals surface area (Å²) in [6.07, 6.45) is 5.06. The molecule has 7 nitrogen and oxygen atoms in total. The van der Waals surface area contributed by atoms with Crippen molar-refractivity contribution in [3.05, 3.63) is 45.0 Å². The molecule has 106 valence electrons. The number of aromatic nitrogens is 3. The first-order valence-corrected chi connectivity index (χ1v) is 6.63. The summed E-state index contributed by atoms with van der Waals surface area (Å²) in [6, 6.07) is 1.21. The fraction of sp³-hybridized carbons (Fsp3) is 0.250. The molecule has 0 spiro atoms. The van der Waals surface area contributed by atoms with Crippen molar-refractivity contribution in [2.24, 2.45) is 14.1 Å². The Labute approximate surface area is 123 Å². The van der Waals surface area contributed by atoms with E-state index in [1.165, 1.54) is 4.57 Å². The molecule has 0 bridgehead atoms. The van der Waals surface area contributed by atoms with E-state index in [-0.39, 0.29) is 11.6 Å². The molecular formula is C12H14BrN5O2. The normalized spacial score (nSPS) is 10.3. The van der Waals surface area contributed by atoms with Gasteiger partial charge in [0.15, 0.2) is 0 Å². The van der Waals surface area contributed by atoms with Gasteiger partial charge in [0.05, 0.1) is 16.4 Å². The summed E-state index contributed by atoms with van der Waals surface area (Å²) in [5.41, 5.74) is 1.28. The van der Waals surface area contributed by atoms with Crippen LogP contribution in [-0.2, 0) is 20.6 Å². The molecule has 0 fully saturated rings. The zero-order chi connectivity index (χ0) is 14.7. The van der Waals surface area contributed by atoms with Crippen molar-refractivity contribution in [1.82, 2.24) is 19.7 Å². The average molecular weight is 340 g/mol. The average Bonchev–Trinajstić information content (AvgIpc) is 2.79. The predicted molar refractivity (Wildman–Crippen MR) is 78.4 cm³/mol. The maximum atomic E-state index is 11.7. The van der Waals surface area contributed by atoms with Gasteiger partial charge in [-0.2, -0.15) is 5.10 Å². The van der Waals surface area contributed by atoms with Crippen LogP contribution in [0.15, 0.2) is 33.9 Å². The Morgan fingerprint density at radius 3 is 2.75 bits per heavy atom. The molecule has 0 aliphatic rings. The summed E-state index contributed by atoms with van der Waals surface area (Å²) in [4.78, 5) is 23.2. The number of pyridine rings is 1. The molecule has 0 aliphatic heterocycles. The molecule has 2 aromatic heterocycles. The van der Waals surface area contributed by atoms with Gasteiger partial charge in [-0.25, -0.2) is 4.79 Å². The van der Waals surface area contributed by atoms with Gasteiger partial charge in [-0.15, -0.1) is 0 Å². The largest absolute Gasteiger partial charge is 0.334 e. The summed E-state index contributed by atoms with van der Waals surface area (Å²) in [7, 11) is 3.43. The van der Waals surface area contributed by atoms with Crippen LogP contribution in [0.1, 0.15) is 5.56 Å². The van der Waals surface area contributed by atoms with Crippen LogP contribution >= 0.6 is 15.9 Å². The molecular weight excluding hydrogens is 326 g/mol. The van der Waals surface area contributed by atoms with Crippen molar-refractivity contribution in [2.45, 2.75) is 6.54 Å². The molecule has 2 rings (SSSR count). The van der Waals surface area contributed by atoms with E-state index in [9.17, 15) is 9.59 Å². The van der Waals surface area contributed by atoms with Crippen LogP contribution in [0, 0.1) is 0 Å². The molecule has 0 radical (unpaired) electrons. The number of carbonyl (C=O) groups is 1. The van der Waals surface area contributed by atoms with Crippen LogP contribution in [-0.4, -0.2) is 20.4 Å². The van der Waals surface area contributed by atoms with Crippen molar-refractivity contribution in [3.63, 3.8) is 0 Å². The lowest BCUT2D eigenvalue weighted by molar-refractivity contribution is 0.251. The Balaban J connectivity index is 1.96. The van der Waals surface area contributed by atoms with Crippen molar-refractivity contribution >= 4 is 27.6 Å². The minimum Gasteiger partial charge on any atom is -0.334 e. The second-order valence-electron chi connectivity index (χ2n) is 4.32. The zero-order valence-electron chi connectivity index (χ0n) is 11.1. The summed E-state index contributed by atoms with van der Waals surface area (Å²) < 4.78 is 3.45. The molecule has 0 saturated heterocycles. The van der Waals surface area contributed by atoms with Gasteiger partial charge in [0, 0.05) is 38.6 Å². The van der Waals surface area contributed by atoms with Crippen LogP contribution in [0.25, 0.3) is 0 Å². The minimum absolute atomic E-state index is 0.161. The van der Waals surface area contributed by atoms with E-state index >= 15 is 0 Å². The highest BCUT2D eigenvalue weighted by Gasteiger charge is 2.06. The third kappa shape index (κ3) is 3.47. The van der Waals surface area contributed by atoms with Gasteiger partial charge in [-0.3, -0.25) is 9.48 Å². The van der Waals surface area contributed by atoms with Gasteiger partial charge < -0.3 is 15.2 Å². The number of hydrogen-bond donors (Lipinski definition) is 2. The van der Waals surface area contributed by atoms with Crippen LogP contribution in [0.3, 0.4) is 0 Å². The Morgan fingerprint density at radius 1 is 1.40 bits per heavy atom. The quantitative estimate of drug-likeness (QED) is 0.881. The highest BCUT2D eigenvalue weighted by atomic mass is 79.9. The van der Waals surface area contributed by atoms with Crippen molar-refractivity contribution in [1.29, 1.82) is 0 Å². The van der Waals surface area contributed by atoms with E-state index in [4.69, 9.17) is 0 Å². The number of anilines is 1. The number of nitrogens with zero attached hydrogens (tertiary/aromatic N) is 3. The predicted octanol–water partition coefficient (Wildman–Crippen LogP) is 1.20. The van der Waals surface area contributed by atoms with Gasteiger partial charge in [-0.05, 0) is 22.0 Å². The lowest BCUT2D eigenvalue weighted by atomic mass is 10.3. The second-order valence-corrected chi connectivity index (χ2v) is 5.18. The van der Waals surface area contributed by atoms with Crippen molar-refractivity contribution < 1.29 is 4.79 Å². The number of amides is 2. The molecule has 0 aliphatic carbocycles. The van der Waals surface area contributed by atoms with Crippen molar-refractivity contribution in [3.8, 4) is 0 Å². The van der Waals surface area contributed by atoms with Crippen LogP contribution in [0.4, 0.5) is 10.5 Å². The molecule has 20 heavy (non-hydrogen) atoms. The molecule has 2 N–H and O–H groups in total. The fourth-order valence-corrected chi connectivity index (χ4v) is 2.19. The van der Waals surface area contributed by atoms with E-state index in [1.807, 2.05) is 13.2 Å². The molecule has 8 heteroatoms. The molecule has 2 amide bonds. The van der Waals surface area contributed by atoms with Gasteiger partial charge in [0.2, 0.25) is 0 Å². The summed E-state index contributed by atoms with van der Waals surface area (Å²) in [5, 5.41) is 9.38. The maximum absolute atomic E-state index is 11.7. The third-order valence-corrected chi connectivity index (χ3v) is 3.18. The standard InChI is InChI=1S/C12H14BrN5O2/c1-17-7-9(3-10(13)11(17)19)16-12(20)14-4-8-5-15-18(2)6-8/h3,5-7H,4H2,1-2H3,(H2,14,16,20). The first-order chi connectivity index (χ1) is 9.45. The molecule has 0 atom stereocenters. The molecule has 0 aromatic carbocycles. The van der Waals surface area contributed by atoms with Gasteiger partial charge >= 0.3 is 6.03 Å². The number of hydrogen-bond acceptors (Lipinski definition) is 3. The Bertz CT molecular complexity index is 665.